The van der Waals surface area contributed by atoms with Crippen LogP contribution in [0.3, 0.4) is 0 Å². The predicted octanol–water partition coefficient (Wildman–Crippen LogP) is 9.65. The van der Waals surface area contributed by atoms with Crippen LogP contribution in [0, 0.1) is 11.8 Å². The SMILES string of the molecule is CCCCCCCCCCCCCCCCCCCCC[C@@H](O)C(=O)[C@@H](CO[C@@H]1O[C@H](CO)[C@H](O)[C@H](O)[C@H]1O)[C@H](O)/C=C/CCCCCCCCCC(C)CC. The normalized spacial score (nSPS) is 22.4. The highest BCUT2D eigenvalue weighted by Gasteiger charge is 2.44. The largest absolute Gasteiger partial charge is 0.394 e. The number of ketones is 1. The number of hydrogen-bond acceptors (Lipinski definition) is 9. The molecule has 1 rings (SSSR count). The molecular weight excluding hydrogens is 709 g/mol. The summed E-state index contributed by atoms with van der Waals surface area (Å²) in [7, 11) is 0. The molecule has 0 bridgehead atoms. The van der Waals surface area contributed by atoms with Crippen LogP contribution in [0.4, 0.5) is 0 Å². The van der Waals surface area contributed by atoms with Crippen molar-refractivity contribution in [2.24, 2.45) is 11.8 Å². The summed E-state index contributed by atoms with van der Waals surface area (Å²) in [6, 6.07) is 0. The summed E-state index contributed by atoms with van der Waals surface area (Å²) in [6.45, 7) is 5.87. The van der Waals surface area contributed by atoms with Crippen LogP contribution in [0.5, 0.6) is 0 Å². The summed E-state index contributed by atoms with van der Waals surface area (Å²) in [6.07, 6.45) is 29.8. The first-order valence-electron chi connectivity index (χ1n) is 23.7. The van der Waals surface area contributed by atoms with Gasteiger partial charge in [-0.05, 0) is 25.2 Å². The number of Topliss-reactive ketones (excluding diaryl/α,β-unsaturated/α-hetero) is 1. The van der Waals surface area contributed by atoms with E-state index in [-0.39, 0.29) is 6.61 Å². The number of hydrogen-bond donors (Lipinski definition) is 6. The van der Waals surface area contributed by atoms with Crippen molar-refractivity contribution in [2.75, 3.05) is 13.2 Å². The number of aliphatic hydroxyl groups is 6. The van der Waals surface area contributed by atoms with E-state index in [1.807, 2.05) is 6.08 Å². The van der Waals surface area contributed by atoms with E-state index in [0.717, 1.165) is 44.4 Å². The third-order valence-electron chi connectivity index (χ3n) is 12.1. The molecule has 9 nitrogen and oxygen atoms in total. The quantitative estimate of drug-likeness (QED) is 0.0263. The standard InChI is InChI=1S/C47H90O9/c1-4-6-7-8-9-10-11-12-13-14-15-16-17-18-19-22-26-29-32-35-41(50)43(51)39(37-55-47-46(54)45(53)44(52)42(36-48)56-47)40(49)34-31-28-25-23-20-21-24-27-30-33-38(3)5-2/h31,34,38-42,44-50,52-54H,4-30,32-33,35-37H2,1-3H3/b34-31+/t38?,39-,40+,41+,42+,44-,45-,46+,47+/m0/s1. The van der Waals surface area contributed by atoms with Crippen molar-refractivity contribution in [3.05, 3.63) is 12.2 Å². The first-order chi connectivity index (χ1) is 27.2. The molecule has 1 aliphatic heterocycles. The number of carbonyl (C=O) groups excluding carboxylic acids is 1. The summed E-state index contributed by atoms with van der Waals surface area (Å²) in [4.78, 5) is 13.5. The summed E-state index contributed by atoms with van der Waals surface area (Å²) in [5.74, 6) is -0.843. The Morgan fingerprint density at radius 2 is 1.07 bits per heavy atom. The van der Waals surface area contributed by atoms with Crippen LogP contribution in [-0.2, 0) is 14.3 Å². The van der Waals surface area contributed by atoms with Crippen molar-refractivity contribution in [3.63, 3.8) is 0 Å². The van der Waals surface area contributed by atoms with Gasteiger partial charge in [0, 0.05) is 0 Å². The summed E-state index contributed by atoms with van der Waals surface area (Å²) in [5.41, 5.74) is 0. The van der Waals surface area contributed by atoms with Gasteiger partial charge in [0.1, 0.15) is 30.5 Å². The molecule has 1 saturated heterocycles. The molecule has 9 heteroatoms. The van der Waals surface area contributed by atoms with Gasteiger partial charge in [-0.2, -0.15) is 0 Å². The van der Waals surface area contributed by atoms with Crippen LogP contribution in [0.2, 0.25) is 0 Å². The number of unbranched alkanes of at least 4 members (excludes halogenated alkanes) is 25. The van der Waals surface area contributed by atoms with Gasteiger partial charge in [0.15, 0.2) is 12.1 Å². The van der Waals surface area contributed by atoms with Gasteiger partial charge in [-0.3, -0.25) is 4.79 Å². The third-order valence-corrected chi connectivity index (χ3v) is 12.1. The van der Waals surface area contributed by atoms with E-state index in [0.29, 0.717) is 12.8 Å². The smallest absolute Gasteiger partial charge is 0.186 e. The minimum atomic E-state index is -1.62. The van der Waals surface area contributed by atoms with E-state index in [4.69, 9.17) is 9.47 Å². The molecule has 56 heavy (non-hydrogen) atoms. The summed E-state index contributed by atoms with van der Waals surface area (Å²) < 4.78 is 11.1. The number of ether oxygens (including phenoxy) is 2. The van der Waals surface area contributed by atoms with Crippen molar-refractivity contribution < 1.29 is 44.9 Å². The maximum atomic E-state index is 13.5. The number of aliphatic hydroxyl groups excluding tert-OH is 6. The van der Waals surface area contributed by atoms with Crippen LogP contribution in [-0.4, -0.2) is 92.5 Å². The summed E-state index contributed by atoms with van der Waals surface area (Å²) >= 11 is 0. The van der Waals surface area contributed by atoms with Crippen molar-refractivity contribution >= 4 is 5.78 Å². The van der Waals surface area contributed by atoms with E-state index >= 15 is 0 Å². The number of carbonyl (C=O) groups is 1. The molecule has 1 unspecified atom stereocenters. The highest BCUT2D eigenvalue weighted by molar-refractivity contribution is 5.86. The highest BCUT2D eigenvalue weighted by atomic mass is 16.7. The van der Waals surface area contributed by atoms with E-state index in [9.17, 15) is 35.4 Å². The number of allylic oxidation sites excluding steroid dienone is 1. The molecule has 0 amide bonds. The Morgan fingerprint density at radius 1 is 0.625 bits per heavy atom. The Kier molecular flexibility index (Phi) is 34.1. The van der Waals surface area contributed by atoms with Crippen molar-refractivity contribution in [2.45, 2.75) is 256 Å². The molecule has 1 heterocycles. The van der Waals surface area contributed by atoms with Crippen molar-refractivity contribution in [3.8, 4) is 0 Å². The van der Waals surface area contributed by atoms with Gasteiger partial charge in [-0.15, -0.1) is 0 Å². The first kappa shape index (κ1) is 53.1. The fourth-order valence-corrected chi connectivity index (χ4v) is 7.77. The number of rotatable bonds is 39. The van der Waals surface area contributed by atoms with Gasteiger partial charge in [0.2, 0.25) is 0 Å². The average Bonchev–Trinajstić information content (AvgIpc) is 3.20. The zero-order chi connectivity index (χ0) is 41.2. The molecule has 0 aromatic carbocycles. The van der Waals surface area contributed by atoms with Crippen LogP contribution < -0.4 is 0 Å². The molecule has 9 atom stereocenters. The molecular formula is C47H90O9. The molecule has 332 valence electrons. The van der Waals surface area contributed by atoms with Crippen molar-refractivity contribution in [1.29, 1.82) is 0 Å². The van der Waals surface area contributed by atoms with Crippen LogP contribution in [0.1, 0.15) is 213 Å². The van der Waals surface area contributed by atoms with Crippen LogP contribution in [0.15, 0.2) is 12.2 Å². The van der Waals surface area contributed by atoms with E-state index in [2.05, 4.69) is 20.8 Å². The molecule has 0 radical (unpaired) electrons. The van der Waals surface area contributed by atoms with Crippen LogP contribution >= 0.6 is 0 Å². The lowest BCUT2D eigenvalue weighted by atomic mass is 9.91. The van der Waals surface area contributed by atoms with E-state index in [1.54, 1.807) is 6.08 Å². The Morgan fingerprint density at radius 3 is 1.54 bits per heavy atom. The maximum Gasteiger partial charge on any atom is 0.186 e. The van der Waals surface area contributed by atoms with E-state index in [1.165, 1.54) is 141 Å². The lowest BCUT2D eigenvalue weighted by Crippen LogP contribution is -2.59. The second-order valence-electron chi connectivity index (χ2n) is 17.2. The lowest BCUT2D eigenvalue weighted by Gasteiger charge is -2.40. The van der Waals surface area contributed by atoms with Gasteiger partial charge >= 0.3 is 0 Å². The summed E-state index contributed by atoms with van der Waals surface area (Å²) in [5, 5.41) is 62.2. The second-order valence-corrected chi connectivity index (χ2v) is 17.2. The Labute approximate surface area is 343 Å². The Bertz CT molecular complexity index is 914. The molecule has 0 saturated carbocycles. The van der Waals surface area contributed by atoms with Crippen LogP contribution in [0.25, 0.3) is 0 Å². The second kappa shape index (κ2) is 36.0. The minimum absolute atomic E-state index is 0.294. The van der Waals surface area contributed by atoms with Gasteiger partial charge < -0.3 is 40.1 Å². The molecule has 0 spiro atoms. The van der Waals surface area contributed by atoms with Gasteiger partial charge in [0.25, 0.3) is 0 Å². The lowest BCUT2D eigenvalue weighted by molar-refractivity contribution is -0.303. The Balaban J connectivity index is 2.39. The Hall–Kier alpha value is -0.910. The first-order valence-corrected chi connectivity index (χ1v) is 23.7. The molecule has 6 N–H and O–H groups in total. The molecule has 0 aromatic rings. The molecule has 1 aliphatic rings. The zero-order valence-electron chi connectivity index (χ0n) is 36.4. The van der Waals surface area contributed by atoms with E-state index < -0.39 is 61.2 Å². The van der Waals surface area contributed by atoms with Crippen molar-refractivity contribution in [1.82, 2.24) is 0 Å². The predicted molar refractivity (Wildman–Crippen MR) is 228 cm³/mol. The van der Waals surface area contributed by atoms with Gasteiger partial charge in [0.05, 0.1) is 25.2 Å². The fourth-order valence-electron chi connectivity index (χ4n) is 7.77. The molecule has 1 fully saturated rings. The molecule has 0 aliphatic carbocycles. The zero-order valence-corrected chi connectivity index (χ0v) is 36.4. The third kappa shape index (κ3) is 25.5. The van der Waals surface area contributed by atoms with Gasteiger partial charge in [-0.1, -0.05) is 206 Å². The highest BCUT2D eigenvalue weighted by Crippen LogP contribution is 2.24. The maximum absolute atomic E-state index is 13.5. The minimum Gasteiger partial charge on any atom is -0.394 e. The topological polar surface area (TPSA) is 157 Å². The average molecular weight is 799 g/mol. The fraction of sp³-hybridized carbons (Fsp3) is 0.936. The van der Waals surface area contributed by atoms with Gasteiger partial charge in [-0.25, -0.2) is 0 Å². The monoisotopic (exact) mass is 799 g/mol. The molecule has 0 aromatic heterocycles.